The number of hydrogen-bond donors (Lipinski definition) is 1. The van der Waals surface area contributed by atoms with E-state index in [-0.39, 0.29) is 55.7 Å². The number of aromatic nitrogens is 2. The molecular formula is C13H16N4O4S. The van der Waals surface area contributed by atoms with Crippen molar-refractivity contribution in [3.05, 3.63) is 5.82 Å². The Morgan fingerprint density at radius 3 is 2.59 bits per heavy atom. The third-order valence-electron chi connectivity index (χ3n) is 3.06. The van der Waals surface area contributed by atoms with Crippen molar-refractivity contribution >= 4 is 40.2 Å². The average molecular weight is 324 g/mol. The lowest BCUT2D eigenvalue weighted by atomic mass is 10.3. The molecule has 3 amide bonds. The summed E-state index contributed by atoms with van der Waals surface area (Å²) in [5.41, 5.74) is 0. The molecule has 0 bridgehead atoms. The van der Waals surface area contributed by atoms with E-state index in [1.807, 2.05) is 0 Å². The maximum Gasteiger partial charge on any atom is 0.229 e. The molecule has 2 rings (SSSR count). The number of nitrogens with zero attached hydrogens (tertiary/aromatic N) is 3. The molecule has 0 aromatic carbocycles. The van der Waals surface area contributed by atoms with Gasteiger partial charge in [-0.1, -0.05) is 0 Å². The second-order valence-electron chi connectivity index (χ2n) is 4.99. The van der Waals surface area contributed by atoms with Crippen molar-refractivity contribution in [2.45, 2.75) is 39.0 Å². The number of likely N-dealkylation sites (tertiary alicyclic amines) is 1. The van der Waals surface area contributed by atoms with Crippen LogP contribution in [0.2, 0.25) is 0 Å². The Morgan fingerprint density at radius 2 is 1.95 bits per heavy atom. The number of anilines is 1. The average Bonchev–Trinajstić information content (AvgIpc) is 2.98. The van der Waals surface area contributed by atoms with Crippen molar-refractivity contribution in [3.8, 4) is 0 Å². The number of hydrogen-bond acceptors (Lipinski definition) is 7. The summed E-state index contributed by atoms with van der Waals surface area (Å²) in [5, 5.41) is 2.93. The van der Waals surface area contributed by atoms with E-state index in [1.54, 1.807) is 0 Å². The predicted octanol–water partition coefficient (Wildman–Crippen LogP) is 0.537. The molecule has 0 atom stereocenters. The van der Waals surface area contributed by atoms with Gasteiger partial charge in [0, 0.05) is 37.3 Å². The first-order valence-electron chi connectivity index (χ1n) is 6.91. The zero-order valence-electron chi connectivity index (χ0n) is 12.1. The van der Waals surface area contributed by atoms with Crippen LogP contribution in [0.25, 0.3) is 0 Å². The van der Waals surface area contributed by atoms with E-state index in [4.69, 9.17) is 0 Å². The molecule has 0 radical (unpaired) electrons. The number of rotatable bonds is 7. The normalized spacial score (nSPS) is 14.5. The van der Waals surface area contributed by atoms with Crippen molar-refractivity contribution in [3.63, 3.8) is 0 Å². The molecule has 2 heterocycles. The first-order valence-corrected chi connectivity index (χ1v) is 7.68. The fourth-order valence-corrected chi connectivity index (χ4v) is 2.65. The van der Waals surface area contributed by atoms with E-state index in [1.165, 1.54) is 11.8 Å². The number of Topliss-reactive ketones (excluding diaryl/α,β-unsaturated/α-hetero) is 1. The maximum atomic E-state index is 11.8. The van der Waals surface area contributed by atoms with Gasteiger partial charge in [-0.3, -0.25) is 24.1 Å². The first kappa shape index (κ1) is 16.2. The van der Waals surface area contributed by atoms with Gasteiger partial charge >= 0.3 is 0 Å². The van der Waals surface area contributed by atoms with Gasteiger partial charge in [-0.25, -0.2) is 4.98 Å². The number of carbonyl (C=O) groups excluding carboxylic acids is 4. The smallest absolute Gasteiger partial charge is 0.229 e. The Kier molecular flexibility index (Phi) is 5.31. The van der Waals surface area contributed by atoms with Crippen LogP contribution in [0.5, 0.6) is 0 Å². The van der Waals surface area contributed by atoms with Crippen LogP contribution in [0.4, 0.5) is 5.13 Å². The minimum absolute atomic E-state index is 0.0457. The molecular weight excluding hydrogens is 308 g/mol. The lowest BCUT2D eigenvalue weighted by molar-refractivity contribution is -0.138. The van der Waals surface area contributed by atoms with E-state index < -0.39 is 0 Å². The van der Waals surface area contributed by atoms with E-state index in [2.05, 4.69) is 14.7 Å². The summed E-state index contributed by atoms with van der Waals surface area (Å²) in [5.74, 6) is -0.270. The molecule has 22 heavy (non-hydrogen) atoms. The predicted molar refractivity (Wildman–Crippen MR) is 78.1 cm³/mol. The van der Waals surface area contributed by atoms with E-state index >= 15 is 0 Å². The molecule has 1 aliphatic rings. The minimum atomic E-state index is -0.260. The molecule has 1 N–H and O–H groups in total. The standard InChI is InChI=1S/C13H16N4O4S/c1-8(18)7-9-14-13(22-16-9)15-10(19)3-2-6-17-11(20)4-5-12(17)21/h2-7H2,1H3,(H,14,15,16,19). The number of nitrogens with one attached hydrogen (secondary N) is 1. The van der Waals surface area contributed by atoms with Gasteiger partial charge in [-0.15, -0.1) is 0 Å². The Morgan fingerprint density at radius 1 is 1.27 bits per heavy atom. The second kappa shape index (κ2) is 7.21. The summed E-state index contributed by atoms with van der Waals surface area (Å²) in [6, 6.07) is 0. The fourth-order valence-electron chi connectivity index (χ4n) is 2.05. The highest BCUT2D eigenvalue weighted by Gasteiger charge is 2.28. The third-order valence-corrected chi connectivity index (χ3v) is 3.73. The summed E-state index contributed by atoms with van der Waals surface area (Å²) < 4.78 is 3.97. The first-order chi connectivity index (χ1) is 10.5. The van der Waals surface area contributed by atoms with Crippen LogP contribution < -0.4 is 5.32 Å². The van der Waals surface area contributed by atoms with Gasteiger partial charge in [0.05, 0.1) is 6.42 Å². The van der Waals surface area contributed by atoms with Crippen LogP contribution in [0, 0.1) is 0 Å². The Labute approximate surface area is 131 Å². The van der Waals surface area contributed by atoms with E-state index in [0.717, 1.165) is 11.5 Å². The van der Waals surface area contributed by atoms with Gasteiger partial charge in [0.25, 0.3) is 0 Å². The Balaban J connectivity index is 1.74. The zero-order valence-corrected chi connectivity index (χ0v) is 12.9. The van der Waals surface area contributed by atoms with Crippen molar-refractivity contribution in [1.29, 1.82) is 0 Å². The SMILES string of the molecule is CC(=O)Cc1nsc(NC(=O)CCCN2C(=O)CCC2=O)n1. The van der Waals surface area contributed by atoms with E-state index in [9.17, 15) is 19.2 Å². The van der Waals surface area contributed by atoms with Gasteiger partial charge in [0.1, 0.15) is 5.78 Å². The summed E-state index contributed by atoms with van der Waals surface area (Å²) in [6.07, 6.45) is 1.25. The van der Waals surface area contributed by atoms with Crippen LogP contribution in [0.1, 0.15) is 38.4 Å². The van der Waals surface area contributed by atoms with Gasteiger partial charge < -0.3 is 5.32 Å². The summed E-state index contributed by atoms with van der Waals surface area (Å²) in [6.45, 7) is 1.71. The Bertz CT molecular complexity index is 597. The summed E-state index contributed by atoms with van der Waals surface area (Å²) in [4.78, 5) is 50.7. The summed E-state index contributed by atoms with van der Waals surface area (Å²) >= 11 is 1.02. The van der Waals surface area contributed by atoms with Crippen LogP contribution in [-0.4, -0.2) is 44.3 Å². The maximum absolute atomic E-state index is 11.8. The van der Waals surface area contributed by atoms with Crippen molar-refractivity contribution < 1.29 is 19.2 Å². The van der Waals surface area contributed by atoms with Crippen LogP contribution in [0.15, 0.2) is 0 Å². The molecule has 8 nitrogen and oxygen atoms in total. The van der Waals surface area contributed by atoms with Gasteiger partial charge in [0.2, 0.25) is 22.9 Å². The minimum Gasteiger partial charge on any atom is -0.301 e. The molecule has 9 heteroatoms. The van der Waals surface area contributed by atoms with Gasteiger partial charge in [-0.2, -0.15) is 4.37 Å². The zero-order chi connectivity index (χ0) is 16.1. The molecule has 1 aromatic heterocycles. The van der Waals surface area contributed by atoms with Crippen LogP contribution in [-0.2, 0) is 25.6 Å². The monoisotopic (exact) mass is 324 g/mol. The molecule has 118 valence electrons. The largest absolute Gasteiger partial charge is 0.301 e. The van der Waals surface area contributed by atoms with Crippen LogP contribution in [0.3, 0.4) is 0 Å². The molecule has 0 unspecified atom stereocenters. The topological polar surface area (TPSA) is 109 Å². The highest BCUT2D eigenvalue weighted by atomic mass is 32.1. The molecule has 0 saturated carbocycles. The number of ketones is 1. The number of carbonyl (C=O) groups is 4. The van der Waals surface area contributed by atoms with Crippen LogP contribution >= 0.6 is 11.5 Å². The lowest BCUT2D eigenvalue weighted by Gasteiger charge is -2.12. The second-order valence-corrected chi connectivity index (χ2v) is 5.74. The van der Waals surface area contributed by atoms with Gasteiger partial charge in [-0.05, 0) is 13.3 Å². The molecule has 1 fully saturated rings. The van der Waals surface area contributed by atoms with Crippen molar-refractivity contribution in [2.24, 2.45) is 0 Å². The molecule has 1 aliphatic heterocycles. The molecule has 1 saturated heterocycles. The molecule has 0 aliphatic carbocycles. The van der Waals surface area contributed by atoms with E-state index in [0.29, 0.717) is 17.4 Å². The summed E-state index contributed by atoms with van der Waals surface area (Å²) in [7, 11) is 0. The fraction of sp³-hybridized carbons (Fsp3) is 0.538. The third kappa shape index (κ3) is 4.42. The Hall–Kier alpha value is -2.16. The van der Waals surface area contributed by atoms with Crippen molar-refractivity contribution in [1.82, 2.24) is 14.3 Å². The highest BCUT2D eigenvalue weighted by molar-refractivity contribution is 7.09. The quantitative estimate of drug-likeness (QED) is 0.733. The van der Waals surface area contributed by atoms with Crippen molar-refractivity contribution in [2.75, 3.05) is 11.9 Å². The molecule has 1 aromatic rings. The lowest BCUT2D eigenvalue weighted by Crippen LogP contribution is -2.30. The highest BCUT2D eigenvalue weighted by Crippen LogP contribution is 2.14. The molecule has 0 spiro atoms. The van der Waals surface area contributed by atoms with Gasteiger partial charge in [0.15, 0.2) is 5.82 Å². The number of imide groups is 1. The number of amides is 3.